The number of nitrogens with one attached hydrogen (secondary N) is 1. The number of benzene rings is 3. The molecule has 1 N–H and O–H groups in total. The van der Waals surface area contributed by atoms with Crippen molar-refractivity contribution < 1.29 is 27.2 Å². The molecule has 0 saturated carbocycles. The summed E-state index contributed by atoms with van der Waals surface area (Å²) in [6.07, 6.45) is 1.26. The highest BCUT2D eigenvalue weighted by atomic mass is 32.2. The van der Waals surface area contributed by atoms with Gasteiger partial charge in [-0.1, -0.05) is 48.5 Å². The zero-order valence-electron chi connectivity index (χ0n) is 25.3. The molecule has 0 atom stereocenters. The molecule has 13 heteroatoms. The third-order valence-corrected chi connectivity index (χ3v) is 8.84. The van der Waals surface area contributed by atoms with Crippen molar-refractivity contribution in [3.05, 3.63) is 124 Å². The third kappa shape index (κ3) is 6.54. The predicted molar refractivity (Wildman–Crippen MR) is 173 cm³/mol. The summed E-state index contributed by atoms with van der Waals surface area (Å²) in [5, 5.41) is 3.93. The van der Waals surface area contributed by atoms with Gasteiger partial charge in [-0.3, -0.25) is 14.3 Å². The fourth-order valence-corrected chi connectivity index (χ4v) is 6.23. The van der Waals surface area contributed by atoms with Crippen LogP contribution in [0.4, 0.5) is 5.69 Å². The summed E-state index contributed by atoms with van der Waals surface area (Å²) in [7, 11) is -2.71. The van der Waals surface area contributed by atoms with Crippen LogP contribution in [0.1, 0.15) is 28.7 Å². The van der Waals surface area contributed by atoms with Crippen LogP contribution in [0.2, 0.25) is 0 Å². The maximum Gasteiger partial charge on any atom is 0.338 e. The van der Waals surface area contributed by atoms with Gasteiger partial charge in [0.1, 0.15) is 23.8 Å². The van der Waals surface area contributed by atoms with Crippen molar-refractivity contribution >= 4 is 33.8 Å². The quantitative estimate of drug-likeness (QED) is 0.129. The molecular formula is C33H31N5O7S. The molecular weight excluding hydrogens is 610 g/mol. The molecule has 0 aliphatic carbocycles. The monoisotopic (exact) mass is 641 g/mol. The normalized spacial score (nSPS) is 11.5. The van der Waals surface area contributed by atoms with Crippen molar-refractivity contribution in [2.45, 2.75) is 18.7 Å². The number of para-hydroxylation sites is 1. The fraction of sp³-hybridized carbons (Fsp3) is 0.152. The average Bonchev–Trinajstić information content (AvgIpc) is 3.62. The van der Waals surface area contributed by atoms with Gasteiger partial charge in [-0.15, -0.1) is 0 Å². The Bertz CT molecular complexity index is 2050. The van der Waals surface area contributed by atoms with Crippen LogP contribution in [0.25, 0.3) is 17.0 Å². The van der Waals surface area contributed by atoms with Crippen LogP contribution in [0, 0.1) is 6.92 Å². The molecule has 12 nitrogen and oxygen atoms in total. The van der Waals surface area contributed by atoms with Gasteiger partial charge in [0.25, 0.3) is 21.5 Å². The van der Waals surface area contributed by atoms with Crippen molar-refractivity contribution in [2.24, 2.45) is 12.1 Å². The number of hydrazone groups is 1. The van der Waals surface area contributed by atoms with E-state index in [1.54, 1.807) is 106 Å². The number of hydrogen-bond donors (Lipinski definition) is 1. The molecule has 0 bridgehead atoms. The lowest BCUT2D eigenvalue weighted by Crippen LogP contribution is -2.42. The van der Waals surface area contributed by atoms with E-state index in [-0.39, 0.29) is 17.2 Å². The maximum atomic E-state index is 13.9. The van der Waals surface area contributed by atoms with E-state index in [0.29, 0.717) is 34.0 Å². The lowest BCUT2D eigenvalue weighted by Gasteiger charge is -2.22. The van der Waals surface area contributed by atoms with Crippen LogP contribution in [-0.4, -0.2) is 49.0 Å². The van der Waals surface area contributed by atoms with Crippen molar-refractivity contribution in [3.63, 3.8) is 0 Å². The number of aromatic nitrogens is 2. The number of rotatable bonds is 11. The van der Waals surface area contributed by atoms with Crippen LogP contribution in [0.15, 0.2) is 116 Å². The number of furan rings is 1. The highest BCUT2D eigenvalue weighted by molar-refractivity contribution is 7.92. The predicted octanol–water partition coefficient (Wildman–Crippen LogP) is 4.27. The van der Waals surface area contributed by atoms with Crippen LogP contribution >= 0.6 is 0 Å². The molecule has 2 heterocycles. The summed E-state index contributed by atoms with van der Waals surface area (Å²) in [5.74, 6) is -0.400. The van der Waals surface area contributed by atoms with Crippen LogP contribution in [0.3, 0.4) is 0 Å². The largest absolute Gasteiger partial charge is 0.462 e. The molecule has 5 rings (SSSR count). The zero-order chi connectivity index (χ0) is 32.8. The SMILES string of the molecule is CCOC(=O)c1ccc(-c2ccc(/C=N\NC(=O)CN(c3c(C)n(C)n(-c4ccccc4)c3=O)S(=O)(=O)c3ccccc3)o2)cc1. The standard InChI is InChI=1S/C33H31N5O7S/c1-4-44-33(41)25-17-15-24(16-18-25)29-20-19-27(45-29)21-34-35-30(39)22-37(46(42,43)28-13-9-6-10-14-28)31-23(2)36(3)38(32(31)40)26-11-7-5-8-12-26/h5-21H,4,22H2,1-3H3,(H,35,39)/b34-21-. The number of anilines is 1. The molecule has 0 fully saturated rings. The Kier molecular flexibility index (Phi) is 9.33. The van der Waals surface area contributed by atoms with Crippen LogP contribution < -0.4 is 15.3 Å². The number of sulfonamides is 1. The Hall–Kier alpha value is -5.69. The first-order valence-corrected chi connectivity index (χ1v) is 15.7. The maximum absolute atomic E-state index is 13.9. The van der Waals surface area contributed by atoms with Crippen LogP contribution in [0.5, 0.6) is 0 Å². The van der Waals surface area contributed by atoms with E-state index in [2.05, 4.69) is 10.5 Å². The van der Waals surface area contributed by atoms with E-state index in [0.717, 1.165) is 4.31 Å². The van der Waals surface area contributed by atoms with E-state index in [4.69, 9.17) is 9.15 Å². The number of carbonyl (C=O) groups is 2. The molecule has 236 valence electrons. The highest BCUT2D eigenvalue weighted by Crippen LogP contribution is 2.26. The summed E-state index contributed by atoms with van der Waals surface area (Å²) in [5.41, 5.74) is 3.53. The van der Waals surface area contributed by atoms with Gasteiger partial charge in [-0.05, 0) is 62.4 Å². The summed E-state index contributed by atoms with van der Waals surface area (Å²) in [6.45, 7) is 2.90. The molecule has 0 aliphatic rings. The first-order chi connectivity index (χ1) is 22.1. The van der Waals surface area contributed by atoms with Gasteiger partial charge in [0.05, 0.1) is 34.7 Å². The topological polar surface area (TPSA) is 145 Å². The Morgan fingerprint density at radius 2 is 1.61 bits per heavy atom. The number of ether oxygens (including phenoxy) is 1. The van der Waals surface area contributed by atoms with Crippen molar-refractivity contribution in [1.82, 2.24) is 14.8 Å². The number of carbonyl (C=O) groups excluding carboxylic acids is 2. The fourth-order valence-electron chi connectivity index (χ4n) is 4.74. The van der Waals surface area contributed by atoms with Gasteiger partial charge < -0.3 is 9.15 Å². The highest BCUT2D eigenvalue weighted by Gasteiger charge is 2.33. The lowest BCUT2D eigenvalue weighted by atomic mass is 10.1. The minimum absolute atomic E-state index is 0.0846. The second-order valence-electron chi connectivity index (χ2n) is 10.0. The van der Waals surface area contributed by atoms with E-state index in [9.17, 15) is 22.8 Å². The molecule has 5 aromatic rings. The molecule has 3 aromatic carbocycles. The van der Waals surface area contributed by atoms with Crippen molar-refractivity contribution in [2.75, 3.05) is 17.5 Å². The molecule has 0 spiro atoms. The van der Waals surface area contributed by atoms with E-state index < -0.39 is 34.0 Å². The Balaban J connectivity index is 1.38. The first-order valence-electron chi connectivity index (χ1n) is 14.2. The molecule has 0 saturated heterocycles. The minimum Gasteiger partial charge on any atom is -0.462 e. The van der Waals surface area contributed by atoms with Crippen molar-refractivity contribution in [3.8, 4) is 17.0 Å². The van der Waals surface area contributed by atoms with Crippen LogP contribution in [-0.2, 0) is 26.6 Å². The number of amides is 1. The molecule has 2 aromatic heterocycles. The molecule has 1 amide bonds. The summed E-state index contributed by atoms with van der Waals surface area (Å²) in [4.78, 5) is 38.7. The van der Waals surface area contributed by atoms with Gasteiger partial charge in [0.2, 0.25) is 0 Å². The smallest absolute Gasteiger partial charge is 0.338 e. The Labute approximate surface area is 265 Å². The van der Waals surface area contributed by atoms with E-state index in [1.807, 2.05) is 0 Å². The Morgan fingerprint density at radius 3 is 2.26 bits per heavy atom. The second kappa shape index (κ2) is 13.5. The van der Waals surface area contributed by atoms with E-state index in [1.165, 1.54) is 27.7 Å². The average molecular weight is 642 g/mol. The molecule has 0 aliphatic heterocycles. The number of hydrogen-bond acceptors (Lipinski definition) is 8. The van der Waals surface area contributed by atoms with Gasteiger partial charge >= 0.3 is 5.97 Å². The molecule has 0 unspecified atom stereocenters. The summed E-state index contributed by atoms with van der Waals surface area (Å²) >= 11 is 0. The van der Waals surface area contributed by atoms with Gasteiger partial charge in [-0.2, -0.15) is 5.10 Å². The van der Waals surface area contributed by atoms with Crippen molar-refractivity contribution in [1.29, 1.82) is 0 Å². The number of esters is 1. The molecule has 46 heavy (non-hydrogen) atoms. The van der Waals surface area contributed by atoms with Gasteiger partial charge in [-0.25, -0.2) is 27.6 Å². The molecule has 0 radical (unpaired) electrons. The van der Waals surface area contributed by atoms with Gasteiger partial charge in [0.15, 0.2) is 0 Å². The number of nitrogens with zero attached hydrogens (tertiary/aromatic N) is 4. The van der Waals surface area contributed by atoms with E-state index >= 15 is 0 Å². The van der Waals surface area contributed by atoms with Gasteiger partial charge in [0, 0.05) is 12.6 Å². The summed E-state index contributed by atoms with van der Waals surface area (Å²) in [6, 6.07) is 26.4. The first kappa shape index (κ1) is 31.7. The Morgan fingerprint density at radius 1 is 0.957 bits per heavy atom. The summed E-state index contributed by atoms with van der Waals surface area (Å²) < 4.78 is 42.2. The third-order valence-electron chi connectivity index (χ3n) is 7.08. The lowest BCUT2D eigenvalue weighted by molar-refractivity contribution is -0.119. The zero-order valence-corrected chi connectivity index (χ0v) is 26.1. The second-order valence-corrected chi connectivity index (χ2v) is 11.9. The minimum atomic E-state index is -4.35.